The molecule has 1 fully saturated rings. The van der Waals surface area contributed by atoms with Gasteiger partial charge in [-0.3, -0.25) is 5.41 Å². The van der Waals surface area contributed by atoms with Gasteiger partial charge in [-0.1, -0.05) is 0 Å². The molecule has 5 heteroatoms. The molecule has 17 heavy (non-hydrogen) atoms. The number of aromatic nitrogens is 1. The maximum atomic E-state index is 9.15. The van der Waals surface area contributed by atoms with E-state index < -0.39 is 0 Å². The van der Waals surface area contributed by atoms with Gasteiger partial charge in [-0.15, -0.1) is 0 Å². The predicted molar refractivity (Wildman–Crippen MR) is 67.4 cm³/mol. The summed E-state index contributed by atoms with van der Waals surface area (Å²) in [6.07, 6.45) is 2.70. The van der Waals surface area contributed by atoms with Gasteiger partial charge in [0.15, 0.2) is 0 Å². The third-order valence-electron chi connectivity index (χ3n) is 3.25. The number of nitrogens with zero attached hydrogens (tertiary/aromatic N) is 2. The highest BCUT2D eigenvalue weighted by molar-refractivity contribution is 6.01. The van der Waals surface area contributed by atoms with Crippen LogP contribution >= 0.6 is 0 Å². The average molecular weight is 234 g/mol. The number of hydrogen-bond donors (Lipinski definition) is 3. The van der Waals surface area contributed by atoms with Crippen molar-refractivity contribution in [2.45, 2.75) is 13.3 Å². The number of pyridine rings is 1. The maximum Gasteiger partial charge on any atom is 0.139 e. The zero-order valence-electron chi connectivity index (χ0n) is 9.98. The zero-order valence-corrected chi connectivity index (χ0v) is 9.98. The van der Waals surface area contributed by atoms with E-state index in [1.807, 2.05) is 13.0 Å². The molecule has 92 valence electrons. The smallest absolute Gasteiger partial charge is 0.139 e. The van der Waals surface area contributed by atoms with Gasteiger partial charge in [0.2, 0.25) is 0 Å². The molecule has 0 spiro atoms. The summed E-state index contributed by atoms with van der Waals surface area (Å²) in [5.41, 5.74) is 7.30. The molecule has 0 bridgehead atoms. The second-order valence-corrected chi connectivity index (χ2v) is 4.52. The fourth-order valence-corrected chi connectivity index (χ4v) is 2.29. The number of hydrogen-bond acceptors (Lipinski definition) is 4. The lowest BCUT2D eigenvalue weighted by atomic mass is 10.1. The monoisotopic (exact) mass is 234 g/mol. The van der Waals surface area contributed by atoms with Crippen molar-refractivity contribution < 1.29 is 5.11 Å². The number of anilines is 1. The fourth-order valence-electron chi connectivity index (χ4n) is 2.29. The Kier molecular flexibility index (Phi) is 3.28. The van der Waals surface area contributed by atoms with E-state index in [-0.39, 0.29) is 12.4 Å². The second kappa shape index (κ2) is 4.71. The lowest BCUT2D eigenvalue weighted by Crippen LogP contribution is -2.26. The highest BCUT2D eigenvalue weighted by Crippen LogP contribution is 2.26. The molecule has 1 aromatic rings. The average Bonchev–Trinajstić information content (AvgIpc) is 2.76. The minimum atomic E-state index is 0.0537. The largest absolute Gasteiger partial charge is 0.396 e. The van der Waals surface area contributed by atoms with Crippen LogP contribution in [0.2, 0.25) is 0 Å². The summed E-state index contributed by atoms with van der Waals surface area (Å²) in [7, 11) is 0. The first kappa shape index (κ1) is 11.9. The molecule has 0 amide bonds. The molecule has 2 rings (SSSR count). The molecule has 0 aromatic carbocycles. The first-order valence-electron chi connectivity index (χ1n) is 5.79. The topological polar surface area (TPSA) is 86.2 Å². The number of amidine groups is 1. The Morgan fingerprint density at radius 2 is 2.47 bits per heavy atom. The van der Waals surface area contributed by atoms with E-state index in [0.717, 1.165) is 30.9 Å². The fraction of sp³-hybridized carbons (Fsp3) is 0.500. The van der Waals surface area contributed by atoms with Crippen LogP contribution in [0.4, 0.5) is 5.82 Å². The van der Waals surface area contributed by atoms with Gasteiger partial charge in [0, 0.05) is 31.8 Å². The molecule has 0 radical (unpaired) electrons. The molecule has 0 aliphatic carbocycles. The van der Waals surface area contributed by atoms with Gasteiger partial charge in [0.1, 0.15) is 11.7 Å². The van der Waals surface area contributed by atoms with E-state index in [0.29, 0.717) is 11.5 Å². The normalized spacial score (nSPS) is 19.6. The minimum Gasteiger partial charge on any atom is -0.396 e. The standard InChI is InChI=1S/C12H18N4O/c1-8-2-4-15-12(10(8)11(13)14)16-5-3-9(6-16)7-17/h2,4,9,17H,3,5-7H2,1H3,(H3,13,14). The Morgan fingerprint density at radius 1 is 1.71 bits per heavy atom. The summed E-state index contributed by atoms with van der Waals surface area (Å²) in [5.74, 6) is 1.13. The number of nitrogens with one attached hydrogen (secondary N) is 1. The number of aliphatic hydroxyl groups excluding tert-OH is 1. The summed E-state index contributed by atoms with van der Waals surface area (Å²) >= 11 is 0. The van der Waals surface area contributed by atoms with E-state index in [9.17, 15) is 0 Å². The van der Waals surface area contributed by atoms with Crippen molar-refractivity contribution in [2.24, 2.45) is 11.7 Å². The van der Waals surface area contributed by atoms with Crippen LogP contribution in [-0.4, -0.2) is 35.6 Å². The van der Waals surface area contributed by atoms with Crippen LogP contribution in [0.15, 0.2) is 12.3 Å². The van der Waals surface area contributed by atoms with E-state index in [4.69, 9.17) is 16.2 Å². The molecule has 1 unspecified atom stereocenters. The third-order valence-corrected chi connectivity index (χ3v) is 3.25. The lowest BCUT2D eigenvalue weighted by Gasteiger charge is -2.21. The first-order chi connectivity index (χ1) is 8.13. The van der Waals surface area contributed by atoms with E-state index in [2.05, 4.69) is 9.88 Å². The highest BCUT2D eigenvalue weighted by Gasteiger charge is 2.25. The Bertz CT molecular complexity index is 433. The van der Waals surface area contributed by atoms with Crippen molar-refractivity contribution in [2.75, 3.05) is 24.6 Å². The summed E-state index contributed by atoms with van der Waals surface area (Å²) < 4.78 is 0. The van der Waals surface area contributed by atoms with E-state index in [1.54, 1.807) is 6.20 Å². The molecule has 1 aliphatic heterocycles. The Hall–Kier alpha value is -1.62. The van der Waals surface area contributed by atoms with E-state index in [1.165, 1.54) is 0 Å². The Labute approximate surface area is 101 Å². The van der Waals surface area contributed by atoms with Crippen molar-refractivity contribution in [3.05, 3.63) is 23.4 Å². The van der Waals surface area contributed by atoms with Crippen molar-refractivity contribution in [3.8, 4) is 0 Å². The van der Waals surface area contributed by atoms with Gasteiger partial charge in [0.05, 0.1) is 5.56 Å². The van der Waals surface area contributed by atoms with Crippen LogP contribution < -0.4 is 10.6 Å². The van der Waals surface area contributed by atoms with Gasteiger partial charge >= 0.3 is 0 Å². The molecule has 5 nitrogen and oxygen atoms in total. The molecule has 2 heterocycles. The summed E-state index contributed by atoms with van der Waals surface area (Å²) in [6, 6.07) is 1.86. The molecule has 1 aromatic heterocycles. The van der Waals surface area contributed by atoms with Crippen molar-refractivity contribution in [3.63, 3.8) is 0 Å². The Morgan fingerprint density at radius 3 is 3.06 bits per heavy atom. The van der Waals surface area contributed by atoms with Crippen LogP contribution in [-0.2, 0) is 0 Å². The highest BCUT2D eigenvalue weighted by atomic mass is 16.3. The summed E-state index contributed by atoms with van der Waals surface area (Å²) in [5, 5.41) is 16.8. The quantitative estimate of drug-likeness (QED) is 0.525. The van der Waals surface area contributed by atoms with Crippen molar-refractivity contribution in [1.82, 2.24) is 4.98 Å². The van der Waals surface area contributed by atoms with Gasteiger partial charge in [-0.05, 0) is 25.0 Å². The number of nitrogens with two attached hydrogens (primary N) is 1. The van der Waals surface area contributed by atoms with Gasteiger partial charge in [-0.25, -0.2) is 4.98 Å². The molecule has 1 atom stereocenters. The number of nitrogen functional groups attached to an aromatic ring is 1. The minimum absolute atomic E-state index is 0.0537. The number of rotatable bonds is 3. The SMILES string of the molecule is Cc1ccnc(N2CCC(CO)C2)c1C(=N)N. The first-order valence-corrected chi connectivity index (χ1v) is 5.79. The van der Waals surface area contributed by atoms with Crippen LogP contribution in [0.1, 0.15) is 17.5 Å². The Balaban J connectivity index is 2.33. The molecule has 0 saturated carbocycles. The molecule has 1 aliphatic rings. The molecule has 4 N–H and O–H groups in total. The summed E-state index contributed by atoms with van der Waals surface area (Å²) in [6.45, 7) is 3.79. The second-order valence-electron chi connectivity index (χ2n) is 4.52. The van der Waals surface area contributed by atoms with Crippen LogP contribution in [0, 0.1) is 18.3 Å². The number of aryl methyl sites for hydroxylation is 1. The zero-order chi connectivity index (χ0) is 12.4. The predicted octanol–water partition coefficient (Wildman–Crippen LogP) is 0.493. The van der Waals surface area contributed by atoms with Crippen LogP contribution in [0.5, 0.6) is 0 Å². The van der Waals surface area contributed by atoms with Crippen molar-refractivity contribution in [1.29, 1.82) is 5.41 Å². The lowest BCUT2D eigenvalue weighted by molar-refractivity contribution is 0.238. The van der Waals surface area contributed by atoms with Crippen LogP contribution in [0.3, 0.4) is 0 Å². The van der Waals surface area contributed by atoms with Crippen molar-refractivity contribution >= 4 is 11.7 Å². The third kappa shape index (κ3) is 2.24. The van der Waals surface area contributed by atoms with Gasteiger partial charge < -0.3 is 15.7 Å². The summed E-state index contributed by atoms with van der Waals surface area (Å²) in [4.78, 5) is 6.44. The molecular formula is C12H18N4O. The number of aliphatic hydroxyl groups is 1. The molecule has 1 saturated heterocycles. The molecular weight excluding hydrogens is 216 g/mol. The van der Waals surface area contributed by atoms with Crippen LogP contribution in [0.25, 0.3) is 0 Å². The van der Waals surface area contributed by atoms with E-state index >= 15 is 0 Å². The maximum absolute atomic E-state index is 9.15. The van der Waals surface area contributed by atoms with Gasteiger partial charge in [-0.2, -0.15) is 0 Å². The van der Waals surface area contributed by atoms with Gasteiger partial charge in [0.25, 0.3) is 0 Å².